The molecule has 0 aliphatic carbocycles. The highest BCUT2D eigenvalue weighted by molar-refractivity contribution is 8.00. The van der Waals surface area contributed by atoms with E-state index in [0.717, 1.165) is 17.7 Å². The van der Waals surface area contributed by atoms with Crippen molar-refractivity contribution in [3.8, 4) is 0 Å². The molecule has 0 aliphatic heterocycles. The molecule has 0 atom stereocenters. The maximum atomic E-state index is 12.6. The van der Waals surface area contributed by atoms with Crippen molar-refractivity contribution >= 4 is 29.3 Å². The number of alkyl halides is 3. The maximum Gasteiger partial charge on any atom is 0.416 e. The topological polar surface area (TPSA) is 49.4 Å². The summed E-state index contributed by atoms with van der Waals surface area (Å²) in [6.45, 7) is 2.15. The molecule has 0 aliphatic rings. The number of aryl methyl sites for hydroxylation is 1. The first-order chi connectivity index (χ1) is 13.1. The van der Waals surface area contributed by atoms with E-state index in [-0.39, 0.29) is 29.9 Å². The van der Waals surface area contributed by atoms with Crippen LogP contribution in [-0.2, 0) is 22.3 Å². The number of nitrogens with one attached hydrogen (secondary N) is 1. The van der Waals surface area contributed by atoms with Crippen LogP contribution in [0.1, 0.15) is 16.7 Å². The molecular weight excluding hydrogens is 389 g/mol. The molecule has 2 rings (SSSR count). The molecule has 0 aromatic heterocycles. The normalized spacial score (nSPS) is 11.2. The van der Waals surface area contributed by atoms with Gasteiger partial charge in [0.25, 0.3) is 0 Å². The molecule has 0 radical (unpaired) electrons. The number of nitrogens with zero attached hydrogens (tertiary/aromatic N) is 1. The van der Waals surface area contributed by atoms with Crippen LogP contribution in [0.3, 0.4) is 0 Å². The number of hydrogen-bond donors (Lipinski definition) is 1. The fraction of sp³-hybridized carbons (Fsp3) is 0.300. The van der Waals surface area contributed by atoms with Crippen molar-refractivity contribution in [3.63, 3.8) is 0 Å². The van der Waals surface area contributed by atoms with Gasteiger partial charge in [-0.1, -0.05) is 29.8 Å². The molecule has 0 bridgehead atoms. The fourth-order valence-electron chi connectivity index (χ4n) is 2.34. The largest absolute Gasteiger partial charge is 0.416 e. The number of carbonyl (C=O) groups excluding carboxylic acids is 2. The second-order valence-corrected chi connectivity index (χ2v) is 7.34. The lowest BCUT2D eigenvalue weighted by atomic mass is 10.1. The first-order valence-electron chi connectivity index (χ1n) is 8.49. The summed E-state index contributed by atoms with van der Waals surface area (Å²) in [5, 5.41) is 2.75. The SMILES string of the molecule is Cc1ccc(NC(=O)CSCC(=O)N(C)Cc2ccc(C(F)(F)F)cc2)cc1. The van der Waals surface area contributed by atoms with E-state index in [0.29, 0.717) is 11.3 Å². The highest BCUT2D eigenvalue weighted by atomic mass is 32.2. The van der Waals surface area contributed by atoms with Crippen LogP contribution in [0.15, 0.2) is 48.5 Å². The van der Waals surface area contributed by atoms with Gasteiger partial charge < -0.3 is 10.2 Å². The Morgan fingerprint density at radius 2 is 1.61 bits per heavy atom. The molecule has 0 spiro atoms. The van der Waals surface area contributed by atoms with Gasteiger partial charge in [-0.05, 0) is 36.8 Å². The highest BCUT2D eigenvalue weighted by Gasteiger charge is 2.29. The van der Waals surface area contributed by atoms with Crippen molar-refractivity contribution in [1.82, 2.24) is 4.90 Å². The summed E-state index contributed by atoms with van der Waals surface area (Å²) in [6.07, 6.45) is -4.38. The van der Waals surface area contributed by atoms with E-state index < -0.39 is 11.7 Å². The average Bonchev–Trinajstić information content (AvgIpc) is 2.63. The van der Waals surface area contributed by atoms with Crippen LogP contribution in [0.4, 0.5) is 18.9 Å². The smallest absolute Gasteiger partial charge is 0.341 e. The van der Waals surface area contributed by atoms with Crippen molar-refractivity contribution in [3.05, 3.63) is 65.2 Å². The third-order valence-corrected chi connectivity index (χ3v) is 4.84. The minimum atomic E-state index is -4.38. The summed E-state index contributed by atoms with van der Waals surface area (Å²) < 4.78 is 37.7. The van der Waals surface area contributed by atoms with Crippen molar-refractivity contribution in [2.75, 3.05) is 23.9 Å². The first-order valence-corrected chi connectivity index (χ1v) is 9.65. The monoisotopic (exact) mass is 410 g/mol. The zero-order valence-corrected chi connectivity index (χ0v) is 16.4. The molecule has 0 heterocycles. The molecule has 2 aromatic rings. The second kappa shape index (κ2) is 9.64. The van der Waals surface area contributed by atoms with E-state index in [1.54, 1.807) is 19.2 Å². The standard InChI is InChI=1S/C20H21F3N2O2S/c1-14-3-9-17(10-4-14)24-18(26)12-28-13-19(27)25(2)11-15-5-7-16(8-6-15)20(21,22)23/h3-10H,11-13H2,1-2H3,(H,24,26). The average molecular weight is 410 g/mol. The molecule has 2 aromatic carbocycles. The minimum Gasteiger partial charge on any atom is -0.341 e. The number of anilines is 1. The summed E-state index contributed by atoms with van der Waals surface area (Å²) in [4.78, 5) is 25.5. The molecule has 0 fully saturated rings. The van der Waals surface area contributed by atoms with E-state index >= 15 is 0 Å². The van der Waals surface area contributed by atoms with Gasteiger partial charge in [-0.15, -0.1) is 11.8 Å². The lowest BCUT2D eigenvalue weighted by Gasteiger charge is -2.17. The van der Waals surface area contributed by atoms with Crippen molar-refractivity contribution < 1.29 is 22.8 Å². The van der Waals surface area contributed by atoms with E-state index in [1.165, 1.54) is 28.8 Å². The maximum absolute atomic E-state index is 12.6. The Morgan fingerprint density at radius 1 is 1.00 bits per heavy atom. The number of benzene rings is 2. The molecule has 8 heteroatoms. The Hall–Kier alpha value is -2.48. The molecule has 2 amide bonds. The Labute approximate surface area is 166 Å². The van der Waals surface area contributed by atoms with Gasteiger partial charge in [-0.25, -0.2) is 0 Å². The van der Waals surface area contributed by atoms with Gasteiger partial charge in [0, 0.05) is 19.3 Å². The summed E-state index contributed by atoms with van der Waals surface area (Å²) in [6, 6.07) is 12.1. The zero-order valence-electron chi connectivity index (χ0n) is 15.5. The van der Waals surface area contributed by atoms with Gasteiger partial charge in [0.05, 0.1) is 17.1 Å². The quantitative estimate of drug-likeness (QED) is 0.739. The molecule has 28 heavy (non-hydrogen) atoms. The Morgan fingerprint density at radius 3 is 2.18 bits per heavy atom. The number of halogens is 3. The lowest BCUT2D eigenvalue weighted by Crippen LogP contribution is -2.28. The van der Waals surface area contributed by atoms with Crippen molar-refractivity contribution in [2.24, 2.45) is 0 Å². The molecule has 1 N–H and O–H groups in total. The Kier molecular flexibility index (Phi) is 7.51. The number of amides is 2. The third-order valence-electron chi connectivity index (χ3n) is 3.92. The minimum absolute atomic E-state index is 0.110. The van der Waals surface area contributed by atoms with Crippen molar-refractivity contribution in [2.45, 2.75) is 19.6 Å². The zero-order chi connectivity index (χ0) is 20.7. The lowest BCUT2D eigenvalue weighted by molar-refractivity contribution is -0.137. The van der Waals surface area contributed by atoms with E-state index in [1.807, 2.05) is 19.1 Å². The summed E-state index contributed by atoms with van der Waals surface area (Å²) >= 11 is 1.18. The fourth-order valence-corrected chi connectivity index (χ4v) is 3.09. The predicted octanol–water partition coefficient (Wildman–Crippen LogP) is 4.34. The van der Waals surface area contributed by atoms with Gasteiger partial charge in [-0.2, -0.15) is 13.2 Å². The van der Waals surface area contributed by atoms with Crippen LogP contribution in [0, 0.1) is 6.92 Å². The van der Waals surface area contributed by atoms with Crippen LogP contribution in [0.25, 0.3) is 0 Å². The van der Waals surface area contributed by atoms with Crippen LogP contribution in [0.2, 0.25) is 0 Å². The van der Waals surface area contributed by atoms with Crippen LogP contribution >= 0.6 is 11.8 Å². The Balaban J connectivity index is 1.74. The van der Waals surface area contributed by atoms with E-state index in [9.17, 15) is 22.8 Å². The third kappa shape index (κ3) is 6.92. The van der Waals surface area contributed by atoms with Crippen LogP contribution < -0.4 is 5.32 Å². The predicted molar refractivity (Wildman–Crippen MR) is 105 cm³/mol. The molecule has 0 saturated heterocycles. The number of carbonyl (C=O) groups is 2. The molecule has 4 nitrogen and oxygen atoms in total. The van der Waals surface area contributed by atoms with Gasteiger partial charge >= 0.3 is 6.18 Å². The summed E-state index contributed by atoms with van der Waals surface area (Å²) in [7, 11) is 1.58. The number of thioether (sulfide) groups is 1. The first kappa shape index (κ1) is 21.8. The Bertz CT molecular complexity index is 806. The molecular formula is C20H21F3N2O2S. The van der Waals surface area contributed by atoms with E-state index in [2.05, 4.69) is 5.32 Å². The highest BCUT2D eigenvalue weighted by Crippen LogP contribution is 2.29. The van der Waals surface area contributed by atoms with Crippen LogP contribution in [0.5, 0.6) is 0 Å². The molecule has 150 valence electrons. The molecule has 0 saturated carbocycles. The van der Waals surface area contributed by atoms with Gasteiger partial charge in [0.2, 0.25) is 11.8 Å². The van der Waals surface area contributed by atoms with Crippen molar-refractivity contribution in [1.29, 1.82) is 0 Å². The van der Waals surface area contributed by atoms with Gasteiger partial charge in [-0.3, -0.25) is 9.59 Å². The van der Waals surface area contributed by atoms with Gasteiger partial charge in [0.1, 0.15) is 0 Å². The second-order valence-electron chi connectivity index (χ2n) is 6.35. The number of rotatable bonds is 7. The van der Waals surface area contributed by atoms with Gasteiger partial charge in [0.15, 0.2) is 0 Å². The molecule has 0 unspecified atom stereocenters. The van der Waals surface area contributed by atoms with E-state index in [4.69, 9.17) is 0 Å². The summed E-state index contributed by atoms with van der Waals surface area (Å²) in [5.74, 6) is -0.160. The summed E-state index contributed by atoms with van der Waals surface area (Å²) in [5.41, 5.74) is 1.67. The van der Waals surface area contributed by atoms with Crippen LogP contribution in [-0.4, -0.2) is 35.3 Å². The number of hydrogen-bond acceptors (Lipinski definition) is 3.